The van der Waals surface area contributed by atoms with E-state index in [0.717, 1.165) is 29.4 Å². The minimum atomic E-state index is -0.664. The molecule has 2 aromatic carbocycles. The van der Waals surface area contributed by atoms with Crippen molar-refractivity contribution in [1.29, 1.82) is 0 Å². The molecule has 1 atom stereocenters. The molecule has 0 saturated carbocycles. The molecule has 0 aliphatic carbocycles. The van der Waals surface area contributed by atoms with E-state index in [0.29, 0.717) is 25.6 Å². The van der Waals surface area contributed by atoms with Crippen LogP contribution in [0.25, 0.3) is 10.8 Å². The van der Waals surface area contributed by atoms with Crippen molar-refractivity contribution in [3.63, 3.8) is 0 Å². The molecular formula is C34H55NO4. The lowest BCUT2D eigenvalue weighted by Crippen LogP contribution is -2.35. The van der Waals surface area contributed by atoms with Gasteiger partial charge in [-0.15, -0.1) is 0 Å². The lowest BCUT2D eigenvalue weighted by Gasteiger charge is -2.15. The number of unbranched alkanes of at least 4 members (excludes halogenated alkanes) is 11. The van der Waals surface area contributed by atoms with Gasteiger partial charge in [0.1, 0.15) is 18.5 Å². The van der Waals surface area contributed by atoms with Crippen molar-refractivity contribution < 1.29 is 19.7 Å². The van der Waals surface area contributed by atoms with E-state index < -0.39 is 12.1 Å². The van der Waals surface area contributed by atoms with Crippen molar-refractivity contribution in [2.75, 3.05) is 13.2 Å². The van der Waals surface area contributed by atoms with Crippen LogP contribution in [0.3, 0.4) is 0 Å². The Bertz CT molecular complexity index is 890. The average molecular weight is 542 g/mol. The fourth-order valence-electron chi connectivity index (χ4n) is 4.29. The molecule has 220 valence electrons. The Hall–Kier alpha value is -2.37. The number of rotatable bonds is 21. The van der Waals surface area contributed by atoms with Crippen LogP contribution in [0.4, 0.5) is 0 Å². The number of allylic oxidation sites excluding steroid dienone is 2. The van der Waals surface area contributed by atoms with Crippen molar-refractivity contribution in [3.8, 4) is 5.75 Å². The van der Waals surface area contributed by atoms with E-state index in [9.17, 15) is 9.90 Å². The predicted molar refractivity (Wildman–Crippen MR) is 166 cm³/mol. The molecule has 0 aliphatic rings. The van der Waals surface area contributed by atoms with Crippen molar-refractivity contribution >= 4 is 16.7 Å². The first-order chi connectivity index (χ1) is 18.9. The minimum Gasteiger partial charge on any atom is -0.490 e. The maximum absolute atomic E-state index is 10.3. The lowest BCUT2D eigenvalue weighted by atomic mass is 10.1. The highest BCUT2D eigenvalue weighted by Crippen LogP contribution is 2.25. The summed E-state index contributed by atoms with van der Waals surface area (Å²) in [7, 11) is 0. The van der Waals surface area contributed by atoms with E-state index in [2.05, 4.69) is 50.4 Å². The van der Waals surface area contributed by atoms with Crippen molar-refractivity contribution in [2.45, 2.75) is 123 Å². The summed E-state index contributed by atoms with van der Waals surface area (Å²) in [4.78, 5) is 10.3. The highest BCUT2D eigenvalue weighted by Gasteiger charge is 2.07. The van der Waals surface area contributed by atoms with Gasteiger partial charge in [0.15, 0.2) is 0 Å². The summed E-state index contributed by atoms with van der Waals surface area (Å²) >= 11 is 0. The number of nitrogens with one attached hydrogen (secondary N) is 1. The smallest absolute Gasteiger partial charge is 0.303 e. The number of hydrogen-bond acceptors (Lipinski definition) is 4. The molecule has 0 heterocycles. The molecule has 0 spiro atoms. The monoisotopic (exact) mass is 541 g/mol. The van der Waals surface area contributed by atoms with Gasteiger partial charge in [-0.3, -0.25) is 4.79 Å². The molecule has 39 heavy (non-hydrogen) atoms. The normalized spacial score (nSPS) is 12.0. The second-order valence-corrected chi connectivity index (χ2v) is 10.7. The van der Waals surface area contributed by atoms with Gasteiger partial charge in [-0.25, -0.2) is 0 Å². The summed E-state index contributed by atoms with van der Waals surface area (Å²) in [5.41, 5.74) is 0. The topological polar surface area (TPSA) is 78.8 Å². The maximum Gasteiger partial charge on any atom is 0.303 e. The zero-order valence-electron chi connectivity index (χ0n) is 24.9. The molecule has 2 rings (SSSR count). The zero-order chi connectivity index (χ0) is 28.6. The molecule has 0 amide bonds. The molecule has 0 saturated heterocycles. The third kappa shape index (κ3) is 19.4. The summed E-state index contributed by atoms with van der Waals surface area (Å²) < 4.78 is 5.72. The summed E-state index contributed by atoms with van der Waals surface area (Å²) in [6.07, 6.45) is 20.7. The van der Waals surface area contributed by atoms with Crippen LogP contribution in [0.15, 0.2) is 54.6 Å². The Balaban J connectivity index is 0.000000390. The number of carbonyl (C=O) groups is 1. The Kier molecular flexibility index (Phi) is 20.9. The maximum atomic E-state index is 10.3. The van der Waals surface area contributed by atoms with E-state index in [1.165, 1.54) is 70.6 Å². The van der Waals surface area contributed by atoms with Crippen molar-refractivity contribution in [1.82, 2.24) is 5.32 Å². The van der Waals surface area contributed by atoms with Crippen LogP contribution in [-0.4, -0.2) is 41.5 Å². The van der Waals surface area contributed by atoms with E-state index in [1.807, 2.05) is 30.3 Å². The van der Waals surface area contributed by atoms with Crippen LogP contribution in [0.5, 0.6) is 5.75 Å². The van der Waals surface area contributed by atoms with Crippen LogP contribution < -0.4 is 10.1 Å². The van der Waals surface area contributed by atoms with Gasteiger partial charge >= 0.3 is 5.97 Å². The minimum absolute atomic E-state index is 0.299. The largest absolute Gasteiger partial charge is 0.490 e. The number of ether oxygens (including phenoxy) is 1. The van der Waals surface area contributed by atoms with Crippen LogP contribution in [-0.2, 0) is 4.79 Å². The number of aliphatic hydroxyl groups excluding tert-OH is 1. The van der Waals surface area contributed by atoms with Gasteiger partial charge in [0.05, 0.1) is 0 Å². The van der Waals surface area contributed by atoms with Gasteiger partial charge in [0, 0.05) is 24.4 Å². The Morgan fingerprint density at radius 2 is 1.44 bits per heavy atom. The molecule has 2 aromatic rings. The predicted octanol–water partition coefficient (Wildman–Crippen LogP) is 8.69. The SMILES string of the molecule is CC(C)NCC(O)COc1cccc2ccccc12.CCCCCCCC/C=C/CCCCCCCC(=O)O. The fraction of sp³-hybridized carbons (Fsp3) is 0.618. The molecule has 0 aliphatic heterocycles. The Morgan fingerprint density at radius 1 is 0.846 bits per heavy atom. The molecule has 3 N–H and O–H groups in total. The van der Waals surface area contributed by atoms with Crippen molar-refractivity contribution in [2.24, 2.45) is 0 Å². The molecule has 0 bridgehead atoms. The van der Waals surface area contributed by atoms with E-state index in [4.69, 9.17) is 9.84 Å². The molecule has 1 unspecified atom stereocenters. The molecule has 0 radical (unpaired) electrons. The van der Waals surface area contributed by atoms with Gasteiger partial charge in [-0.05, 0) is 43.6 Å². The highest BCUT2D eigenvalue weighted by molar-refractivity contribution is 5.88. The molecular weight excluding hydrogens is 486 g/mol. The second kappa shape index (κ2) is 23.5. The van der Waals surface area contributed by atoms with Crippen LogP contribution >= 0.6 is 0 Å². The summed E-state index contributed by atoms with van der Waals surface area (Å²) in [5, 5.41) is 23.8. The van der Waals surface area contributed by atoms with Crippen LogP contribution in [0, 0.1) is 0 Å². The number of carboxylic acids is 1. The molecule has 5 nitrogen and oxygen atoms in total. The third-order valence-electron chi connectivity index (χ3n) is 6.60. The number of carboxylic acid groups (broad SMARTS) is 1. The Labute approximate surface area is 238 Å². The summed E-state index contributed by atoms with van der Waals surface area (Å²) in [6.45, 7) is 7.21. The molecule has 5 heteroatoms. The van der Waals surface area contributed by atoms with E-state index in [-0.39, 0.29) is 0 Å². The van der Waals surface area contributed by atoms with Gasteiger partial charge in [-0.2, -0.15) is 0 Å². The first-order valence-corrected chi connectivity index (χ1v) is 15.3. The van der Waals surface area contributed by atoms with E-state index in [1.54, 1.807) is 0 Å². The van der Waals surface area contributed by atoms with Gasteiger partial charge < -0.3 is 20.3 Å². The first-order valence-electron chi connectivity index (χ1n) is 15.3. The molecule has 0 fully saturated rings. The number of aliphatic carboxylic acids is 1. The van der Waals surface area contributed by atoms with Gasteiger partial charge in [-0.1, -0.05) is 121 Å². The quantitative estimate of drug-likeness (QED) is 0.109. The number of benzene rings is 2. The number of fused-ring (bicyclic) bond motifs is 1. The van der Waals surface area contributed by atoms with Crippen LogP contribution in [0.1, 0.15) is 111 Å². The van der Waals surface area contributed by atoms with E-state index >= 15 is 0 Å². The molecule has 0 aromatic heterocycles. The fourth-order valence-corrected chi connectivity index (χ4v) is 4.29. The number of hydrogen-bond donors (Lipinski definition) is 3. The van der Waals surface area contributed by atoms with Gasteiger partial charge in [0.25, 0.3) is 0 Å². The first kappa shape index (κ1) is 34.7. The second-order valence-electron chi connectivity index (χ2n) is 10.7. The van der Waals surface area contributed by atoms with Crippen molar-refractivity contribution in [3.05, 3.63) is 54.6 Å². The number of aliphatic hydroxyl groups is 1. The summed E-state index contributed by atoms with van der Waals surface area (Å²) in [5.74, 6) is 0.157. The van der Waals surface area contributed by atoms with Crippen LogP contribution in [0.2, 0.25) is 0 Å². The lowest BCUT2D eigenvalue weighted by molar-refractivity contribution is -0.137. The van der Waals surface area contributed by atoms with Gasteiger partial charge in [0.2, 0.25) is 0 Å². The highest BCUT2D eigenvalue weighted by atomic mass is 16.5. The third-order valence-corrected chi connectivity index (χ3v) is 6.60. The summed E-state index contributed by atoms with van der Waals surface area (Å²) in [6, 6.07) is 14.4. The zero-order valence-corrected chi connectivity index (χ0v) is 24.9. The standard InChI is InChI=1S/C18H34O2.C16H21NO2/c1-2-3-4-5-6-7-8-9-10-11-12-13-14-15-16-17-18(19)20;1-12(2)17-10-14(18)11-19-16-9-5-7-13-6-3-4-8-15(13)16/h9-10H,2-8,11-17H2,1H3,(H,19,20);3-9,12,14,17-18H,10-11H2,1-2H3/b10-9+;. The average Bonchev–Trinajstić information content (AvgIpc) is 2.93. The Morgan fingerprint density at radius 3 is 2.08 bits per heavy atom.